The molecule has 0 spiro atoms. The first-order valence-corrected chi connectivity index (χ1v) is 7.22. The first kappa shape index (κ1) is 17.9. The van der Waals surface area contributed by atoms with Gasteiger partial charge in [-0.1, -0.05) is 5.16 Å². The summed E-state index contributed by atoms with van der Waals surface area (Å²) in [4.78, 5) is 28.1. The Hall–Kier alpha value is -3.42. The van der Waals surface area contributed by atoms with Crippen molar-refractivity contribution in [2.24, 2.45) is 5.16 Å². The van der Waals surface area contributed by atoms with Crippen molar-refractivity contribution in [3.05, 3.63) is 65.5 Å². The van der Waals surface area contributed by atoms with Crippen molar-refractivity contribution in [1.82, 2.24) is 10.9 Å². The van der Waals surface area contributed by atoms with Crippen molar-refractivity contribution in [3.8, 4) is 5.75 Å². The van der Waals surface area contributed by atoms with Crippen molar-refractivity contribution in [1.29, 1.82) is 0 Å². The van der Waals surface area contributed by atoms with Gasteiger partial charge >= 0.3 is 0 Å². The molecule has 0 saturated carbocycles. The number of nitrogens with zero attached hydrogens (tertiary/aromatic N) is 1. The second-order valence-corrected chi connectivity index (χ2v) is 4.79. The van der Waals surface area contributed by atoms with Crippen molar-refractivity contribution in [2.75, 3.05) is 13.7 Å². The number of rotatable bonds is 6. The summed E-state index contributed by atoms with van der Waals surface area (Å²) in [7, 11) is 1.57. The van der Waals surface area contributed by atoms with Gasteiger partial charge in [0.1, 0.15) is 11.6 Å². The molecule has 0 saturated heterocycles. The molecule has 2 N–H and O–H groups in total. The number of carbonyl (C=O) groups excluding carboxylic acids is 2. The predicted molar refractivity (Wildman–Crippen MR) is 88.5 cm³/mol. The fourth-order valence-corrected chi connectivity index (χ4v) is 1.72. The number of oxime groups is 1. The zero-order valence-electron chi connectivity index (χ0n) is 13.4. The van der Waals surface area contributed by atoms with E-state index in [9.17, 15) is 14.0 Å². The van der Waals surface area contributed by atoms with Crippen LogP contribution in [0.1, 0.15) is 15.9 Å². The fourth-order valence-electron chi connectivity index (χ4n) is 1.72. The van der Waals surface area contributed by atoms with E-state index in [4.69, 9.17) is 9.57 Å². The topological polar surface area (TPSA) is 89.0 Å². The van der Waals surface area contributed by atoms with Crippen LogP contribution in [0.15, 0.2) is 53.7 Å². The summed E-state index contributed by atoms with van der Waals surface area (Å²) >= 11 is 0. The van der Waals surface area contributed by atoms with Crippen LogP contribution in [-0.4, -0.2) is 31.7 Å². The van der Waals surface area contributed by atoms with Crippen LogP contribution in [0.4, 0.5) is 4.39 Å². The number of nitrogens with one attached hydrogen (secondary N) is 2. The zero-order chi connectivity index (χ0) is 18.1. The Morgan fingerprint density at radius 3 is 2.40 bits per heavy atom. The van der Waals surface area contributed by atoms with Crippen LogP contribution in [0.2, 0.25) is 0 Å². The Morgan fingerprint density at radius 1 is 1.08 bits per heavy atom. The first-order chi connectivity index (χ1) is 12.1. The van der Waals surface area contributed by atoms with E-state index in [0.717, 1.165) is 17.7 Å². The van der Waals surface area contributed by atoms with E-state index in [1.165, 1.54) is 18.3 Å². The molecule has 0 aromatic heterocycles. The summed E-state index contributed by atoms with van der Waals surface area (Å²) in [6, 6.07) is 12.0. The van der Waals surface area contributed by atoms with Crippen LogP contribution >= 0.6 is 0 Å². The van der Waals surface area contributed by atoms with Gasteiger partial charge < -0.3 is 9.57 Å². The highest BCUT2D eigenvalue weighted by atomic mass is 19.1. The van der Waals surface area contributed by atoms with Gasteiger partial charge in [-0.05, 0) is 54.1 Å². The molecule has 0 atom stereocenters. The molecule has 2 amide bonds. The molecule has 2 rings (SSSR count). The number of ether oxygens (including phenoxy) is 1. The Labute approximate surface area is 143 Å². The molecule has 0 aliphatic heterocycles. The van der Waals surface area contributed by atoms with Crippen molar-refractivity contribution in [3.63, 3.8) is 0 Å². The Bertz CT molecular complexity index is 745. The van der Waals surface area contributed by atoms with Crippen LogP contribution < -0.4 is 15.6 Å². The average Bonchev–Trinajstić information content (AvgIpc) is 2.64. The summed E-state index contributed by atoms with van der Waals surface area (Å²) in [5.74, 6) is -0.907. The van der Waals surface area contributed by atoms with Crippen molar-refractivity contribution < 1.29 is 23.6 Å². The number of hydrogen-bond donors (Lipinski definition) is 2. The number of carbonyl (C=O) groups is 2. The molecule has 25 heavy (non-hydrogen) atoms. The van der Waals surface area contributed by atoms with Gasteiger partial charge in [-0.25, -0.2) is 4.39 Å². The van der Waals surface area contributed by atoms with Crippen molar-refractivity contribution >= 4 is 18.0 Å². The summed E-state index contributed by atoms with van der Waals surface area (Å²) < 4.78 is 17.8. The van der Waals surface area contributed by atoms with E-state index < -0.39 is 17.6 Å². The maximum Gasteiger partial charge on any atom is 0.279 e. The van der Waals surface area contributed by atoms with E-state index in [2.05, 4.69) is 16.0 Å². The minimum absolute atomic E-state index is 0.208. The highest BCUT2D eigenvalue weighted by Gasteiger charge is 2.07. The molecule has 0 aliphatic rings. The molecule has 0 unspecified atom stereocenters. The quantitative estimate of drug-likeness (QED) is 0.615. The molecule has 0 heterocycles. The molecule has 2 aromatic rings. The van der Waals surface area contributed by atoms with Gasteiger partial charge in [0, 0.05) is 5.56 Å². The highest BCUT2D eigenvalue weighted by molar-refractivity contribution is 5.95. The smallest absolute Gasteiger partial charge is 0.279 e. The molecular weight excluding hydrogens is 329 g/mol. The van der Waals surface area contributed by atoms with Crippen LogP contribution in [0.5, 0.6) is 5.75 Å². The monoisotopic (exact) mass is 345 g/mol. The minimum Gasteiger partial charge on any atom is -0.497 e. The molecule has 130 valence electrons. The van der Waals surface area contributed by atoms with E-state index >= 15 is 0 Å². The summed E-state index contributed by atoms with van der Waals surface area (Å²) in [6.45, 7) is -0.379. The maximum atomic E-state index is 12.8. The summed E-state index contributed by atoms with van der Waals surface area (Å²) in [5, 5.41) is 3.65. The average molecular weight is 345 g/mol. The largest absolute Gasteiger partial charge is 0.497 e. The third-order valence-electron chi connectivity index (χ3n) is 3.01. The van der Waals surface area contributed by atoms with Crippen LogP contribution in [0.3, 0.4) is 0 Å². The molecular formula is C17H16FN3O4. The lowest BCUT2D eigenvalue weighted by Gasteiger charge is -2.06. The normalized spacial score (nSPS) is 10.3. The van der Waals surface area contributed by atoms with Gasteiger partial charge in [0.2, 0.25) is 0 Å². The van der Waals surface area contributed by atoms with Crippen LogP contribution in [0.25, 0.3) is 0 Å². The predicted octanol–water partition coefficient (Wildman–Crippen LogP) is 1.65. The number of benzene rings is 2. The van der Waals surface area contributed by atoms with Crippen LogP contribution in [0, 0.1) is 5.82 Å². The van der Waals surface area contributed by atoms with E-state index in [1.807, 2.05) is 0 Å². The zero-order valence-corrected chi connectivity index (χ0v) is 13.4. The molecule has 0 fully saturated rings. The Morgan fingerprint density at radius 2 is 1.76 bits per heavy atom. The summed E-state index contributed by atoms with van der Waals surface area (Å²) in [5.41, 5.74) is 5.32. The molecule has 0 radical (unpaired) electrons. The van der Waals surface area contributed by atoms with Gasteiger partial charge in [0.15, 0.2) is 6.61 Å². The van der Waals surface area contributed by atoms with Crippen molar-refractivity contribution in [2.45, 2.75) is 0 Å². The molecule has 7 nitrogen and oxygen atoms in total. The van der Waals surface area contributed by atoms with E-state index in [-0.39, 0.29) is 12.2 Å². The maximum absolute atomic E-state index is 12.8. The molecule has 8 heteroatoms. The molecule has 0 bridgehead atoms. The van der Waals surface area contributed by atoms with Gasteiger partial charge in [0.05, 0.1) is 13.3 Å². The number of hydrazine groups is 1. The van der Waals surface area contributed by atoms with Gasteiger partial charge in [0.25, 0.3) is 11.8 Å². The number of amides is 2. The lowest BCUT2D eigenvalue weighted by molar-refractivity contribution is -0.126. The second-order valence-electron chi connectivity index (χ2n) is 4.79. The number of hydrogen-bond acceptors (Lipinski definition) is 5. The lowest BCUT2D eigenvalue weighted by Crippen LogP contribution is -2.43. The summed E-state index contributed by atoms with van der Waals surface area (Å²) in [6.07, 6.45) is 1.43. The van der Waals surface area contributed by atoms with Gasteiger partial charge in [-0.3, -0.25) is 20.4 Å². The Kier molecular flexibility index (Phi) is 6.47. The van der Waals surface area contributed by atoms with E-state index in [1.54, 1.807) is 31.4 Å². The minimum atomic E-state index is -0.595. The third kappa shape index (κ3) is 5.94. The van der Waals surface area contributed by atoms with E-state index in [0.29, 0.717) is 5.75 Å². The van der Waals surface area contributed by atoms with Crippen LogP contribution in [-0.2, 0) is 9.63 Å². The van der Waals surface area contributed by atoms with Gasteiger partial charge in [-0.2, -0.15) is 0 Å². The molecule has 0 aliphatic carbocycles. The standard InChI is InChI=1S/C17H16FN3O4/c1-24-15-8-2-12(3-9-15)10-19-25-11-16(22)20-21-17(23)13-4-6-14(18)7-5-13/h2-10H,11H2,1H3,(H,20,22)(H,21,23)/b19-10-. The fraction of sp³-hybridized carbons (Fsp3) is 0.118. The SMILES string of the molecule is COc1ccc(/C=N\OCC(=O)NNC(=O)c2ccc(F)cc2)cc1. The highest BCUT2D eigenvalue weighted by Crippen LogP contribution is 2.09. The third-order valence-corrected chi connectivity index (χ3v) is 3.01. The number of halogens is 1. The lowest BCUT2D eigenvalue weighted by atomic mass is 10.2. The second kappa shape index (κ2) is 9.02. The molecule has 2 aromatic carbocycles. The number of methoxy groups -OCH3 is 1. The first-order valence-electron chi connectivity index (χ1n) is 7.22. The van der Waals surface area contributed by atoms with Gasteiger partial charge in [-0.15, -0.1) is 0 Å². The Balaban J connectivity index is 1.70.